The zero-order valence-corrected chi connectivity index (χ0v) is 10.4. The molecular weight excluding hydrogens is 204 g/mol. The van der Waals surface area contributed by atoms with Crippen molar-refractivity contribution in [1.82, 2.24) is 4.90 Å². The van der Waals surface area contributed by atoms with E-state index in [1.54, 1.807) is 7.11 Å². The van der Waals surface area contributed by atoms with Crippen LogP contribution in [0, 0.1) is 0 Å². The summed E-state index contributed by atoms with van der Waals surface area (Å²) in [4.78, 5) is 2.44. The average Bonchev–Trinajstić information content (AvgIpc) is 2.89. The van der Waals surface area contributed by atoms with Crippen LogP contribution >= 0.6 is 0 Å². The molecule has 2 aliphatic heterocycles. The predicted octanol–water partition coefficient (Wildman–Crippen LogP) is 0.602. The first-order chi connectivity index (χ1) is 7.74. The van der Waals surface area contributed by atoms with Crippen LogP contribution < -0.4 is 5.73 Å². The molecule has 2 rings (SSSR count). The van der Waals surface area contributed by atoms with E-state index in [4.69, 9.17) is 15.2 Å². The van der Waals surface area contributed by atoms with Crippen LogP contribution in [0.15, 0.2) is 0 Å². The molecule has 2 saturated heterocycles. The van der Waals surface area contributed by atoms with Crippen LogP contribution in [0.5, 0.6) is 0 Å². The maximum atomic E-state index is 5.93. The van der Waals surface area contributed by atoms with Gasteiger partial charge < -0.3 is 15.2 Å². The molecular formula is C12H24N2O2. The van der Waals surface area contributed by atoms with Gasteiger partial charge in [0.05, 0.1) is 18.3 Å². The molecule has 4 unspecified atom stereocenters. The second-order valence-corrected chi connectivity index (χ2v) is 5.01. The van der Waals surface area contributed by atoms with Crippen molar-refractivity contribution in [3.63, 3.8) is 0 Å². The molecule has 2 heterocycles. The molecule has 0 aromatic rings. The Bertz CT molecular complexity index is 225. The Morgan fingerprint density at radius 1 is 1.44 bits per heavy atom. The topological polar surface area (TPSA) is 47.7 Å². The summed E-state index contributed by atoms with van der Waals surface area (Å²) in [6.45, 7) is 4.94. The van der Waals surface area contributed by atoms with E-state index in [2.05, 4.69) is 11.8 Å². The van der Waals surface area contributed by atoms with Crippen molar-refractivity contribution >= 4 is 0 Å². The average molecular weight is 228 g/mol. The van der Waals surface area contributed by atoms with Crippen LogP contribution in [0.3, 0.4) is 0 Å². The second-order valence-electron chi connectivity index (χ2n) is 5.01. The third-order valence-electron chi connectivity index (χ3n) is 3.91. The van der Waals surface area contributed by atoms with Gasteiger partial charge in [-0.2, -0.15) is 0 Å². The van der Waals surface area contributed by atoms with Crippen molar-refractivity contribution in [2.75, 3.05) is 26.7 Å². The van der Waals surface area contributed by atoms with Crippen LogP contribution in [0.25, 0.3) is 0 Å². The van der Waals surface area contributed by atoms with Crippen LogP contribution in [0.1, 0.15) is 26.2 Å². The van der Waals surface area contributed by atoms with Gasteiger partial charge in [-0.25, -0.2) is 0 Å². The minimum absolute atomic E-state index is 0.329. The molecule has 0 aliphatic carbocycles. The highest BCUT2D eigenvalue weighted by Crippen LogP contribution is 2.26. The normalized spacial score (nSPS) is 38.1. The van der Waals surface area contributed by atoms with Gasteiger partial charge in [-0.05, 0) is 26.2 Å². The molecule has 0 aromatic heterocycles. The van der Waals surface area contributed by atoms with Crippen molar-refractivity contribution in [2.45, 2.75) is 50.5 Å². The van der Waals surface area contributed by atoms with Crippen LogP contribution in [-0.2, 0) is 9.47 Å². The molecule has 0 aromatic carbocycles. The molecule has 0 bridgehead atoms. The fourth-order valence-corrected chi connectivity index (χ4v) is 2.90. The highest BCUT2D eigenvalue weighted by atomic mass is 16.5. The monoisotopic (exact) mass is 228 g/mol. The summed E-state index contributed by atoms with van der Waals surface area (Å²) < 4.78 is 11.3. The fourth-order valence-electron chi connectivity index (χ4n) is 2.90. The molecule has 2 N–H and O–H groups in total. The number of likely N-dealkylation sites (tertiary alicyclic amines) is 1. The number of methoxy groups -OCH3 is 1. The first kappa shape index (κ1) is 12.3. The van der Waals surface area contributed by atoms with E-state index in [9.17, 15) is 0 Å². The zero-order valence-electron chi connectivity index (χ0n) is 10.4. The lowest BCUT2D eigenvalue weighted by Crippen LogP contribution is -2.47. The number of ether oxygens (including phenoxy) is 2. The fraction of sp³-hybridized carbons (Fsp3) is 1.00. The lowest BCUT2D eigenvalue weighted by Gasteiger charge is -2.31. The van der Waals surface area contributed by atoms with Crippen molar-refractivity contribution in [1.29, 1.82) is 0 Å². The quantitative estimate of drug-likeness (QED) is 0.765. The van der Waals surface area contributed by atoms with E-state index in [1.807, 2.05) is 0 Å². The molecule has 2 aliphatic rings. The Balaban J connectivity index is 1.90. The van der Waals surface area contributed by atoms with Gasteiger partial charge in [0.2, 0.25) is 0 Å². The Hall–Kier alpha value is -0.160. The van der Waals surface area contributed by atoms with Crippen molar-refractivity contribution in [2.24, 2.45) is 5.73 Å². The smallest absolute Gasteiger partial charge is 0.0747 e. The first-order valence-electron chi connectivity index (χ1n) is 6.37. The van der Waals surface area contributed by atoms with E-state index in [0.717, 1.165) is 25.9 Å². The van der Waals surface area contributed by atoms with Gasteiger partial charge in [-0.15, -0.1) is 0 Å². The summed E-state index contributed by atoms with van der Waals surface area (Å²) >= 11 is 0. The molecule has 4 nitrogen and oxygen atoms in total. The predicted molar refractivity (Wildman–Crippen MR) is 63.4 cm³/mol. The number of nitrogens with zero attached hydrogens (tertiary/aromatic N) is 1. The van der Waals surface area contributed by atoms with Gasteiger partial charge in [-0.3, -0.25) is 4.90 Å². The van der Waals surface area contributed by atoms with E-state index in [-0.39, 0.29) is 0 Å². The van der Waals surface area contributed by atoms with Crippen molar-refractivity contribution in [3.8, 4) is 0 Å². The third kappa shape index (κ3) is 2.56. The molecule has 4 atom stereocenters. The summed E-state index contributed by atoms with van der Waals surface area (Å²) in [6, 6.07) is 0.380. The minimum atomic E-state index is 0.329. The van der Waals surface area contributed by atoms with Crippen molar-refractivity contribution < 1.29 is 9.47 Å². The highest BCUT2D eigenvalue weighted by molar-refractivity contribution is 4.90. The number of rotatable bonds is 4. The van der Waals surface area contributed by atoms with Gasteiger partial charge in [0.25, 0.3) is 0 Å². The third-order valence-corrected chi connectivity index (χ3v) is 3.91. The molecule has 0 amide bonds. The Kier molecular flexibility index (Phi) is 4.19. The highest BCUT2D eigenvalue weighted by Gasteiger charge is 2.35. The number of hydrogen-bond donors (Lipinski definition) is 1. The van der Waals surface area contributed by atoms with Crippen LogP contribution in [0.4, 0.5) is 0 Å². The first-order valence-corrected chi connectivity index (χ1v) is 6.37. The molecule has 0 spiro atoms. The largest absolute Gasteiger partial charge is 0.380 e. The zero-order chi connectivity index (χ0) is 11.5. The minimum Gasteiger partial charge on any atom is -0.380 e. The molecule has 0 saturated carbocycles. The van der Waals surface area contributed by atoms with Gasteiger partial charge in [0, 0.05) is 32.8 Å². The summed E-state index contributed by atoms with van der Waals surface area (Å²) in [5.41, 5.74) is 5.90. The lowest BCUT2D eigenvalue weighted by atomic mass is 10.1. The van der Waals surface area contributed by atoms with E-state index in [1.165, 1.54) is 6.42 Å². The Morgan fingerprint density at radius 3 is 2.75 bits per heavy atom. The van der Waals surface area contributed by atoms with Crippen molar-refractivity contribution in [3.05, 3.63) is 0 Å². The molecule has 4 heteroatoms. The van der Waals surface area contributed by atoms with E-state index in [0.29, 0.717) is 30.9 Å². The number of hydrogen-bond acceptors (Lipinski definition) is 4. The van der Waals surface area contributed by atoms with E-state index >= 15 is 0 Å². The van der Waals surface area contributed by atoms with Gasteiger partial charge in [-0.1, -0.05) is 0 Å². The summed E-state index contributed by atoms with van der Waals surface area (Å²) in [7, 11) is 1.79. The van der Waals surface area contributed by atoms with Gasteiger partial charge in [0.15, 0.2) is 0 Å². The maximum absolute atomic E-state index is 5.93. The summed E-state index contributed by atoms with van der Waals surface area (Å²) in [5, 5.41) is 0. The van der Waals surface area contributed by atoms with Gasteiger partial charge >= 0.3 is 0 Å². The standard InChI is InChI=1S/C12H24N2O2/c1-9-3-4-12(16-9)11(7-13)14-6-5-10(8-14)15-2/h9-12H,3-8,13H2,1-2H3. The second kappa shape index (κ2) is 5.45. The SMILES string of the molecule is COC1CCN(C(CN)C2CCC(C)O2)C1. The summed E-state index contributed by atoms with van der Waals surface area (Å²) in [5.74, 6) is 0. The Labute approximate surface area is 98.1 Å². The van der Waals surface area contributed by atoms with E-state index < -0.39 is 0 Å². The molecule has 16 heavy (non-hydrogen) atoms. The summed E-state index contributed by atoms with van der Waals surface area (Å²) in [6.07, 6.45) is 4.55. The lowest BCUT2D eigenvalue weighted by molar-refractivity contribution is -0.00245. The van der Waals surface area contributed by atoms with Crippen LogP contribution in [-0.4, -0.2) is 56.0 Å². The van der Waals surface area contributed by atoms with Gasteiger partial charge in [0.1, 0.15) is 0 Å². The molecule has 0 radical (unpaired) electrons. The molecule has 94 valence electrons. The van der Waals surface area contributed by atoms with Crippen LogP contribution in [0.2, 0.25) is 0 Å². The maximum Gasteiger partial charge on any atom is 0.0747 e. The molecule has 2 fully saturated rings. The Morgan fingerprint density at radius 2 is 2.25 bits per heavy atom. The number of nitrogens with two attached hydrogens (primary N) is 1.